The van der Waals surface area contributed by atoms with Gasteiger partial charge in [-0.1, -0.05) is 20.8 Å². The van der Waals surface area contributed by atoms with Crippen LogP contribution in [0.25, 0.3) is 11.1 Å². The number of hydrogen-bond donors (Lipinski definition) is 1. The van der Waals surface area contributed by atoms with E-state index in [1.807, 2.05) is 41.5 Å². The molecule has 4 atom stereocenters. The molecule has 2 aromatic rings. The van der Waals surface area contributed by atoms with Crippen molar-refractivity contribution in [2.24, 2.45) is 16.7 Å². The number of aliphatic hydroxyl groups excluding tert-OH is 1. The minimum atomic E-state index is -1.17. The van der Waals surface area contributed by atoms with Gasteiger partial charge in [-0.3, -0.25) is 4.98 Å². The Kier molecular flexibility index (Phi) is 8.82. The summed E-state index contributed by atoms with van der Waals surface area (Å²) in [5.74, 6) is -2.46. The van der Waals surface area contributed by atoms with Gasteiger partial charge in [0.1, 0.15) is 0 Å². The Labute approximate surface area is 242 Å². The van der Waals surface area contributed by atoms with Gasteiger partial charge >= 0.3 is 5.97 Å². The zero-order valence-electron chi connectivity index (χ0n) is 25.7. The normalized spacial score (nSPS) is 23.7. The molecule has 0 amide bonds. The number of ether oxygens (including phenoxy) is 2. The van der Waals surface area contributed by atoms with Crippen LogP contribution in [0, 0.1) is 35.4 Å². The van der Waals surface area contributed by atoms with E-state index < -0.39 is 29.4 Å². The van der Waals surface area contributed by atoms with Crippen LogP contribution in [0.3, 0.4) is 0 Å². The SMILES string of the molecule is Cc1ncc(-c2cnc(F)c(F)c2)c(N2CCC(C)(C)CC2)c1[C@H](OC(C)(C)C)C(=O)OC(C)CC1CC1(C)CO. The highest BCUT2D eigenvalue weighted by Crippen LogP contribution is 2.54. The van der Waals surface area contributed by atoms with E-state index in [4.69, 9.17) is 9.47 Å². The summed E-state index contributed by atoms with van der Waals surface area (Å²) >= 11 is 0. The Bertz CT molecular complexity index is 1270. The number of aromatic nitrogens is 2. The second kappa shape index (κ2) is 11.6. The molecule has 0 bridgehead atoms. The monoisotopic (exact) mass is 573 g/mol. The summed E-state index contributed by atoms with van der Waals surface area (Å²) in [6.07, 6.45) is 4.83. The summed E-state index contributed by atoms with van der Waals surface area (Å²) in [6, 6.07) is 1.11. The Morgan fingerprint density at radius 2 is 1.83 bits per heavy atom. The van der Waals surface area contributed by atoms with Crippen LogP contribution in [0.15, 0.2) is 18.5 Å². The van der Waals surface area contributed by atoms with Gasteiger partial charge in [-0.25, -0.2) is 14.2 Å². The molecule has 41 heavy (non-hydrogen) atoms. The number of aryl methyl sites for hydroxylation is 1. The lowest BCUT2D eigenvalue weighted by atomic mass is 9.82. The Morgan fingerprint density at radius 3 is 2.39 bits per heavy atom. The van der Waals surface area contributed by atoms with Gasteiger partial charge in [-0.2, -0.15) is 4.39 Å². The zero-order chi connectivity index (χ0) is 30.3. The number of rotatable bonds is 9. The van der Waals surface area contributed by atoms with E-state index in [1.165, 1.54) is 6.20 Å². The molecule has 1 saturated carbocycles. The summed E-state index contributed by atoms with van der Waals surface area (Å²) in [7, 11) is 0. The van der Waals surface area contributed by atoms with E-state index in [9.17, 15) is 18.7 Å². The van der Waals surface area contributed by atoms with Crippen molar-refractivity contribution in [3.8, 4) is 11.1 Å². The van der Waals surface area contributed by atoms with Gasteiger partial charge in [0.2, 0.25) is 5.95 Å². The lowest BCUT2D eigenvalue weighted by molar-refractivity contribution is -0.172. The maximum absolute atomic E-state index is 14.4. The number of carbonyl (C=O) groups excluding carboxylic acids is 1. The topological polar surface area (TPSA) is 84.8 Å². The fourth-order valence-electron chi connectivity index (χ4n) is 5.73. The molecule has 9 heteroatoms. The van der Waals surface area contributed by atoms with E-state index in [-0.39, 0.29) is 29.5 Å². The first kappa shape index (κ1) is 31.3. The minimum Gasteiger partial charge on any atom is -0.460 e. The van der Waals surface area contributed by atoms with Gasteiger partial charge in [0.15, 0.2) is 11.9 Å². The molecule has 3 unspecified atom stereocenters. The number of carbonyl (C=O) groups is 1. The molecule has 3 heterocycles. The Morgan fingerprint density at radius 1 is 1.17 bits per heavy atom. The quantitative estimate of drug-likeness (QED) is 0.269. The lowest BCUT2D eigenvalue weighted by Crippen LogP contribution is -2.39. The van der Waals surface area contributed by atoms with E-state index in [1.54, 1.807) is 6.20 Å². The molecule has 1 saturated heterocycles. The molecule has 2 fully saturated rings. The average Bonchev–Trinajstić information content (AvgIpc) is 3.52. The summed E-state index contributed by atoms with van der Waals surface area (Å²) < 4.78 is 40.6. The Hall–Kier alpha value is -2.65. The van der Waals surface area contributed by atoms with Crippen molar-refractivity contribution in [1.82, 2.24) is 9.97 Å². The van der Waals surface area contributed by atoms with Crippen molar-refractivity contribution >= 4 is 11.7 Å². The number of aliphatic hydroxyl groups is 1. The number of pyridine rings is 2. The number of anilines is 1. The molecule has 2 aliphatic rings. The van der Waals surface area contributed by atoms with Gasteiger partial charge in [-0.15, -0.1) is 0 Å². The first-order valence-electron chi connectivity index (χ1n) is 14.6. The van der Waals surface area contributed by atoms with E-state index >= 15 is 0 Å². The van der Waals surface area contributed by atoms with E-state index in [0.29, 0.717) is 47.6 Å². The smallest absolute Gasteiger partial charge is 0.340 e. The van der Waals surface area contributed by atoms with Crippen LogP contribution in [-0.2, 0) is 14.3 Å². The van der Waals surface area contributed by atoms with Crippen LogP contribution in [0.2, 0.25) is 0 Å². The first-order chi connectivity index (χ1) is 19.0. The molecule has 0 spiro atoms. The summed E-state index contributed by atoms with van der Waals surface area (Å²) in [5, 5.41) is 9.68. The van der Waals surface area contributed by atoms with Gasteiger partial charge in [0, 0.05) is 54.5 Å². The molecule has 1 aliphatic carbocycles. The molecule has 2 aromatic heterocycles. The van der Waals surface area contributed by atoms with Gasteiger partial charge < -0.3 is 19.5 Å². The molecule has 1 N–H and O–H groups in total. The number of halogens is 2. The van der Waals surface area contributed by atoms with Gasteiger partial charge in [0.25, 0.3) is 0 Å². The Balaban J connectivity index is 1.79. The van der Waals surface area contributed by atoms with Gasteiger partial charge in [-0.05, 0) is 83.1 Å². The predicted octanol–water partition coefficient (Wildman–Crippen LogP) is 6.55. The summed E-state index contributed by atoms with van der Waals surface area (Å²) in [4.78, 5) is 24.4. The molecule has 226 valence electrons. The highest BCUT2D eigenvalue weighted by atomic mass is 19.2. The highest BCUT2D eigenvalue weighted by molar-refractivity contribution is 5.87. The lowest BCUT2D eigenvalue weighted by Gasteiger charge is -2.41. The van der Waals surface area contributed by atoms with Crippen molar-refractivity contribution < 1.29 is 28.2 Å². The minimum absolute atomic E-state index is 0.112. The molecule has 1 aliphatic heterocycles. The third-order valence-electron chi connectivity index (χ3n) is 8.61. The number of nitrogens with zero attached hydrogens (tertiary/aromatic N) is 3. The number of esters is 1. The number of piperidine rings is 1. The first-order valence-corrected chi connectivity index (χ1v) is 14.6. The van der Waals surface area contributed by atoms with Crippen LogP contribution in [0.5, 0.6) is 0 Å². The van der Waals surface area contributed by atoms with Gasteiger partial charge in [0.05, 0.1) is 17.4 Å². The molecule has 7 nitrogen and oxygen atoms in total. The van der Waals surface area contributed by atoms with Crippen molar-refractivity contribution in [2.75, 3.05) is 24.6 Å². The molecular formula is C32H45F2N3O4. The zero-order valence-corrected chi connectivity index (χ0v) is 25.7. The van der Waals surface area contributed by atoms with Crippen LogP contribution in [-0.4, -0.2) is 52.4 Å². The maximum Gasteiger partial charge on any atom is 0.340 e. The number of hydrogen-bond acceptors (Lipinski definition) is 7. The molecule has 0 radical (unpaired) electrons. The highest BCUT2D eigenvalue weighted by Gasteiger charge is 2.50. The summed E-state index contributed by atoms with van der Waals surface area (Å²) in [6.45, 7) is 17.4. The maximum atomic E-state index is 14.4. The molecule has 4 rings (SSSR count). The largest absolute Gasteiger partial charge is 0.460 e. The van der Waals surface area contributed by atoms with Crippen molar-refractivity contribution in [3.63, 3.8) is 0 Å². The standard InChI is InChI=1S/C32H45F2N3O4/c1-19(13-22-15-32(22,8)18-38)40-29(39)27(41-30(3,4)5)25-20(2)35-17-23(21-14-24(33)28(34)36-16-21)26(25)37-11-9-31(6,7)10-12-37/h14,16-17,19,22,27,38H,9-13,15,18H2,1-8H3/t19?,22?,27-,32?/m0/s1. The predicted molar refractivity (Wildman–Crippen MR) is 154 cm³/mol. The van der Waals surface area contributed by atoms with E-state index in [0.717, 1.165) is 25.3 Å². The third kappa shape index (κ3) is 7.23. The van der Waals surface area contributed by atoms with Crippen LogP contribution < -0.4 is 4.90 Å². The second-order valence-electron chi connectivity index (χ2n) is 14.0. The van der Waals surface area contributed by atoms with Crippen LogP contribution in [0.4, 0.5) is 14.5 Å². The molecule has 0 aromatic carbocycles. The fourth-order valence-corrected chi connectivity index (χ4v) is 5.73. The van der Waals surface area contributed by atoms with Crippen LogP contribution in [0.1, 0.15) is 91.5 Å². The van der Waals surface area contributed by atoms with Crippen LogP contribution >= 0.6 is 0 Å². The third-order valence-corrected chi connectivity index (χ3v) is 8.61. The van der Waals surface area contributed by atoms with Crippen molar-refractivity contribution in [2.45, 2.75) is 98.9 Å². The van der Waals surface area contributed by atoms with Crippen molar-refractivity contribution in [1.29, 1.82) is 0 Å². The second-order valence-corrected chi connectivity index (χ2v) is 14.0. The summed E-state index contributed by atoms with van der Waals surface area (Å²) in [5.41, 5.74) is 2.11. The average molecular weight is 574 g/mol. The fraction of sp³-hybridized carbons (Fsp3) is 0.656. The van der Waals surface area contributed by atoms with E-state index in [2.05, 4.69) is 28.7 Å². The van der Waals surface area contributed by atoms with Crippen molar-refractivity contribution in [3.05, 3.63) is 41.5 Å². The molecular weight excluding hydrogens is 528 g/mol.